The van der Waals surface area contributed by atoms with E-state index in [-0.39, 0.29) is 17.3 Å². The second-order valence-electron chi connectivity index (χ2n) is 9.27. The number of benzene rings is 3. The number of aromatic nitrogens is 3. The summed E-state index contributed by atoms with van der Waals surface area (Å²) in [5, 5.41) is 5.76. The molecule has 1 N–H and O–H groups in total. The first-order valence-corrected chi connectivity index (χ1v) is 12.6. The van der Waals surface area contributed by atoms with Crippen LogP contribution >= 0.6 is 0 Å². The summed E-state index contributed by atoms with van der Waals surface area (Å²) < 4.78 is 14.5. The lowest BCUT2D eigenvalue weighted by Gasteiger charge is -2.11. The molecule has 9 nitrogen and oxygen atoms in total. The quantitative estimate of drug-likeness (QED) is 0.286. The Kier molecular flexibility index (Phi) is 6.24. The lowest BCUT2D eigenvalue weighted by molar-refractivity contribution is 0.101. The van der Waals surface area contributed by atoms with Gasteiger partial charge < -0.3 is 9.15 Å². The molecule has 0 fully saturated rings. The predicted octanol–water partition coefficient (Wildman–Crippen LogP) is 5.50. The normalized spacial score (nSPS) is 11.5. The number of amides is 1. The van der Waals surface area contributed by atoms with Crippen molar-refractivity contribution < 1.29 is 13.9 Å². The fourth-order valence-corrected chi connectivity index (χ4v) is 4.68. The lowest BCUT2D eigenvalue weighted by Crippen LogP contribution is -2.24. The number of carbonyl (C=O) groups excluding carboxylic acids is 1. The summed E-state index contributed by atoms with van der Waals surface area (Å²) in [5.41, 5.74) is 6.54. The predicted molar refractivity (Wildman–Crippen MR) is 155 cm³/mol. The lowest BCUT2D eigenvalue weighted by atomic mass is 10.2. The summed E-state index contributed by atoms with van der Waals surface area (Å²) in [7, 11) is 1.59. The number of methoxy groups -OCH3 is 1. The molecule has 0 saturated carbocycles. The van der Waals surface area contributed by atoms with Crippen LogP contribution in [0.15, 0.2) is 99.2 Å². The van der Waals surface area contributed by atoms with Gasteiger partial charge in [-0.05, 0) is 62.4 Å². The van der Waals surface area contributed by atoms with Crippen molar-refractivity contribution in [2.45, 2.75) is 13.8 Å². The van der Waals surface area contributed by atoms with Crippen molar-refractivity contribution in [3.63, 3.8) is 0 Å². The molecular weight excluding hydrogens is 506 g/mol. The fraction of sp³-hybridized carbons (Fsp3) is 0.0968. The molecular formula is C31H25N5O4. The summed E-state index contributed by atoms with van der Waals surface area (Å²) in [4.78, 5) is 31.1. The Bertz CT molecular complexity index is 1980. The van der Waals surface area contributed by atoms with Crippen LogP contribution in [-0.2, 0) is 0 Å². The number of fused-ring (bicyclic) bond motifs is 2. The van der Waals surface area contributed by atoms with Crippen LogP contribution in [0, 0.1) is 13.8 Å². The second kappa shape index (κ2) is 10.0. The van der Waals surface area contributed by atoms with Crippen LogP contribution in [0.2, 0.25) is 0 Å². The van der Waals surface area contributed by atoms with Crippen LogP contribution in [0.4, 0.5) is 0 Å². The maximum atomic E-state index is 13.6. The minimum Gasteiger partial charge on any atom is -0.496 e. The number of furan rings is 1. The third-order valence-electron chi connectivity index (χ3n) is 6.75. The Morgan fingerprint density at radius 2 is 1.75 bits per heavy atom. The number of ether oxygens (including phenoxy) is 1. The van der Waals surface area contributed by atoms with Gasteiger partial charge in [0.2, 0.25) is 5.82 Å². The van der Waals surface area contributed by atoms with Gasteiger partial charge in [-0.15, -0.1) is 0 Å². The molecule has 0 unspecified atom stereocenters. The van der Waals surface area contributed by atoms with E-state index < -0.39 is 0 Å². The largest absolute Gasteiger partial charge is 0.496 e. The number of carbonyl (C=O) groups is 1. The Morgan fingerprint density at radius 1 is 0.975 bits per heavy atom. The number of hydrogen-bond donors (Lipinski definition) is 1. The topological polar surface area (TPSA) is 104 Å². The average Bonchev–Trinajstić information content (AvgIpc) is 3.53. The monoisotopic (exact) mass is 531 g/mol. The van der Waals surface area contributed by atoms with Crippen molar-refractivity contribution in [3.05, 3.63) is 118 Å². The third-order valence-corrected chi connectivity index (χ3v) is 6.75. The van der Waals surface area contributed by atoms with Crippen molar-refractivity contribution in [1.29, 1.82) is 0 Å². The fourth-order valence-electron chi connectivity index (χ4n) is 4.68. The minimum atomic E-state index is -0.338. The molecule has 3 aromatic carbocycles. The third kappa shape index (κ3) is 4.33. The van der Waals surface area contributed by atoms with Gasteiger partial charge in [0.15, 0.2) is 5.76 Å². The molecule has 0 radical (unpaired) electrons. The summed E-state index contributed by atoms with van der Waals surface area (Å²) in [5.74, 6) is 1.05. The Labute approximate surface area is 228 Å². The standard InChI is InChI=1S/C31H25N5O4/c1-19-16-22(20(2)35(19)34-30(37)21-10-5-4-6-11-21)18-32-36-29(33-25-13-8-7-12-23(25)31(36)38)28-17-24-26(39-3)14-9-15-27(24)40-28/h4-18H,1-3H3,(H,34,37). The van der Waals surface area contributed by atoms with E-state index >= 15 is 0 Å². The zero-order valence-corrected chi connectivity index (χ0v) is 22.1. The molecule has 0 atom stereocenters. The molecule has 6 rings (SSSR count). The van der Waals surface area contributed by atoms with E-state index in [0.29, 0.717) is 33.6 Å². The van der Waals surface area contributed by atoms with Gasteiger partial charge in [0.05, 0.1) is 29.6 Å². The molecule has 0 bridgehead atoms. The number of nitrogens with one attached hydrogen (secondary N) is 1. The SMILES string of the molecule is COc1cccc2oc(-c3nc4ccccc4c(=O)n3N=Cc3cc(C)n(NC(=O)c4ccccc4)c3C)cc12. The number of aryl methyl sites for hydroxylation is 1. The molecule has 3 aromatic heterocycles. The summed E-state index contributed by atoms with van der Waals surface area (Å²) in [6.07, 6.45) is 1.58. The van der Waals surface area contributed by atoms with E-state index in [2.05, 4.69) is 10.5 Å². The Hall–Kier alpha value is -5.44. The molecule has 40 heavy (non-hydrogen) atoms. The van der Waals surface area contributed by atoms with Crippen molar-refractivity contribution in [1.82, 2.24) is 14.3 Å². The van der Waals surface area contributed by atoms with Crippen molar-refractivity contribution >= 4 is 34.0 Å². The van der Waals surface area contributed by atoms with Crippen LogP contribution < -0.4 is 15.7 Å². The van der Waals surface area contributed by atoms with Gasteiger partial charge in [0.25, 0.3) is 11.5 Å². The molecule has 0 spiro atoms. The van der Waals surface area contributed by atoms with E-state index in [9.17, 15) is 9.59 Å². The molecule has 3 heterocycles. The van der Waals surface area contributed by atoms with E-state index in [1.807, 2.05) is 62.4 Å². The molecule has 0 aliphatic rings. The van der Waals surface area contributed by atoms with E-state index in [0.717, 1.165) is 22.3 Å². The van der Waals surface area contributed by atoms with Crippen LogP contribution in [-0.4, -0.2) is 33.6 Å². The van der Waals surface area contributed by atoms with Gasteiger partial charge in [0.1, 0.15) is 11.3 Å². The van der Waals surface area contributed by atoms with Gasteiger partial charge in [-0.1, -0.05) is 36.4 Å². The highest BCUT2D eigenvalue weighted by Gasteiger charge is 2.18. The van der Waals surface area contributed by atoms with Crippen molar-refractivity contribution in [2.75, 3.05) is 12.5 Å². The number of para-hydroxylation sites is 1. The Morgan fingerprint density at radius 3 is 2.55 bits per heavy atom. The smallest absolute Gasteiger partial charge is 0.282 e. The highest BCUT2D eigenvalue weighted by Crippen LogP contribution is 2.32. The van der Waals surface area contributed by atoms with Gasteiger partial charge in [-0.25, -0.2) is 4.98 Å². The average molecular weight is 532 g/mol. The van der Waals surface area contributed by atoms with Gasteiger partial charge >= 0.3 is 0 Å². The molecule has 0 aliphatic heterocycles. The first kappa shape index (κ1) is 24.9. The number of nitrogens with zero attached hydrogens (tertiary/aromatic N) is 4. The van der Waals surface area contributed by atoms with Gasteiger partial charge in [-0.3, -0.25) is 19.7 Å². The number of rotatable bonds is 6. The first-order valence-electron chi connectivity index (χ1n) is 12.6. The van der Waals surface area contributed by atoms with Crippen LogP contribution in [0.25, 0.3) is 33.5 Å². The molecule has 6 aromatic rings. The maximum absolute atomic E-state index is 13.6. The van der Waals surface area contributed by atoms with E-state index in [1.165, 1.54) is 4.68 Å². The van der Waals surface area contributed by atoms with Gasteiger partial charge in [-0.2, -0.15) is 9.78 Å². The first-order chi connectivity index (χ1) is 19.4. The summed E-state index contributed by atoms with van der Waals surface area (Å²) in [6.45, 7) is 3.75. The zero-order chi connectivity index (χ0) is 27.8. The highest BCUT2D eigenvalue weighted by molar-refractivity contribution is 6.00. The van der Waals surface area contributed by atoms with E-state index in [4.69, 9.17) is 14.1 Å². The molecule has 198 valence electrons. The molecule has 9 heteroatoms. The van der Waals surface area contributed by atoms with E-state index in [1.54, 1.807) is 54.4 Å². The maximum Gasteiger partial charge on any atom is 0.282 e. The van der Waals surface area contributed by atoms with Crippen LogP contribution in [0.5, 0.6) is 5.75 Å². The summed E-state index contributed by atoms with van der Waals surface area (Å²) >= 11 is 0. The molecule has 0 saturated heterocycles. The van der Waals surface area contributed by atoms with Crippen LogP contribution in [0.1, 0.15) is 27.3 Å². The molecule has 1 amide bonds. The second-order valence-corrected chi connectivity index (χ2v) is 9.27. The number of hydrogen-bond acceptors (Lipinski definition) is 6. The summed E-state index contributed by atoms with van der Waals surface area (Å²) in [6, 6.07) is 25.3. The van der Waals surface area contributed by atoms with Crippen LogP contribution in [0.3, 0.4) is 0 Å². The Balaban J connectivity index is 1.44. The minimum absolute atomic E-state index is 0.233. The zero-order valence-electron chi connectivity index (χ0n) is 22.1. The van der Waals surface area contributed by atoms with Gasteiger partial charge in [0, 0.05) is 22.5 Å². The highest BCUT2D eigenvalue weighted by atomic mass is 16.5. The van der Waals surface area contributed by atoms with Crippen molar-refractivity contribution in [2.24, 2.45) is 5.10 Å². The molecule has 0 aliphatic carbocycles. The van der Waals surface area contributed by atoms with Crippen molar-refractivity contribution in [3.8, 4) is 17.3 Å².